The van der Waals surface area contributed by atoms with E-state index >= 15 is 0 Å². The number of hydrogen-bond acceptors (Lipinski definition) is 2. The molecular formula is C14H7F3OS. The van der Waals surface area contributed by atoms with Gasteiger partial charge in [0.2, 0.25) is 5.78 Å². The van der Waals surface area contributed by atoms with Gasteiger partial charge in [0.05, 0.1) is 10.4 Å². The molecule has 96 valence electrons. The van der Waals surface area contributed by atoms with E-state index < -0.39 is 17.5 Å². The van der Waals surface area contributed by atoms with Crippen molar-refractivity contribution >= 4 is 17.1 Å². The minimum absolute atomic E-state index is 0.150. The Kier molecular flexibility index (Phi) is 3.72. The normalized spacial score (nSPS) is 10.7. The van der Waals surface area contributed by atoms with Crippen LogP contribution < -0.4 is 0 Å². The van der Waals surface area contributed by atoms with Gasteiger partial charge in [-0.25, -0.2) is 0 Å². The number of ketones is 1. The number of Topliss-reactive ketones (excluding diaryl/α,β-unsaturated/α-hetero) is 1. The van der Waals surface area contributed by atoms with Crippen molar-refractivity contribution in [3.8, 4) is 11.8 Å². The van der Waals surface area contributed by atoms with Gasteiger partial charge in [0, 0.05) is 5.56 Å². The van der Waals surface area contributed by atoms with Gasteiger partial charge < -0.3 is 0 Å². The molecule has 1 nitrogen and oxygen atoms in total. The Hall–Kier alpha value is -2.06. The fourth-order valence-electron chi connectivity index (χ4n) is 1.35. The second-order valence-electron chi connectivity index (χ2n) is 3.63. The maximum atomic E-state index is 12.3. The van der Waals surface area contributed by atoms with E-state index in [2.05, 4.69) is 11.8 Å². The van der Waals surface area contributed by atoms with Crippen molar-refractivity contribution in [1.29, 1.82) is 0 Å². The molecule has 1 heterocycles. The number of thiophene rings is 1. The zero-order valence-corrected chi connectivity index (χ0v) is 10.3. The van der Waals surface area contributed by atoms with Crippen molar-refractivity contribution in [2.24, 2.45) is 0 Å². The summed E-state index contributed by atoms with van der Waals surface area (Å²) in [5.41, 5.74) is -0.632. The second-order valence-corrected chi connectivity index (χ2v) is 4.58. The Bertz CT molecular complexity index is 628. The van der Waals surface area contributed by atoms with Gasteiger partial charge in [-0.05, 0) is 47.6 Å². The van der Waals surface area contributed by atoms with Gasteiger partial charge in [0.1, 0.15) is 0 Å². The summed E-state index contributed by atoms with van der Waals surface area (Å²) in [6, 6.07) is 7.58. The highest BCUT2D eigenvalue weighted by Crippen LogP contribution is 2.29. The molecule has 5 heteroatoms. The summed E-state index contributed by atoms with van der Waals surface area (Å²) >= 11 is 1.39. The highest BCUT2D eigenvalue weighted by atomic mass is 32.1. The van der Waals surface area contributed by atoms with Gasteiger partial charge in [-0.3, -0.25) is 4.79 Å². The molecule has 0 saturated heterocycles. The molecule has 19 heavy (non-hydrogen) atoms. The van der Waals surface area contributed by atoms with Crippen LogP contribution in [0.4, 0.5) is 13.2 Å². The van der Waals surface area contributed by atoms with Gasteiger partial charge in [-0.1, -0.05) is 6.07 Å². The zero-order valence-electron chi connectivity index (χ0n) is 9.49. The van der Waals surface area contributed by atoms with E-state index in [0.717, 1.165) is 29.1 Å². The molecule has 2 rings (SSSR count). The van der Waals surface area contributed by atoms with Crippen molar-refractivity contribution in [3.05, 3.63) is 57.8 Å². The standard InChI is InChI=1S/C14H7F3OS/c15-14(16,17)11-5-3-10(4-6-11)13(18)8-7-12-2-1-9-19-12/h1-6,9H. The minimum Gasteiger partial charge on any atom is -0.279 e. The molecule has 1 aromatic heterocycles. The maximum absolute atomic E-state index is 12.3. The first-order chi connectivity index (χ1) is 8.97. The lowest BCUT2D eigenvalue weighted by Crippen LogP contribution is -2.05. The number of hydrogen-bond donors (Lipinski definition) is 0. The summed E-state index contributed by atoms with van der Waals surface area (Å²) in [6.45, 7) is 0. The van der Waals surface area contributed by atoms with Gasteiger partial charge in [-0.15, -0.1) is 11.3 Å². The third-order valence-corrected chi connectivity index (χ3v) is 3.08. The molecule has 0 N–H and O–H groups in total. The summed E-state index contributed by atoms with van der Waals surface area (Å²) in [6.07, 6.45) is -4.40. The molecule has 0 aliphatic heterocycles. The molecule has 0 spiro atoms. The SMILES string of the molecule is O=C(C#Cc1cccs1)c1ccc(C(F)(F)F)cc1. The van der Waals surface area contributed by atoms with Crippen LogP contribution in [0.25, 0.3) is 0 Å². The molecule has 0 aliphatic rings. The third-order valence-electron chi connectivity index (χ3n) is 2.29. The molecule has 0 atom stereocenters. The average Bonchev–Trinajstić information content (AvgIpc) is 2.88. The van der Waals surface area contributed by atoms with Crippen molar-refractivity contribution in [2.75, 3.05) is 0 Å². The Balaban J connectivity index is 2.17. The topological polar surface area (TPSA) is 17.1 Å². The van der Waals surface area contributed by atoms with Gasteiger partial charge in [0.25, 0.3) is 0 Å². The largest absolute Gasteiger partial charge is 0.416 e. The van der Waals surface area contributed by atoms with E-state index in [0.29, 0.717) is 0 Å². The van der Waals surface area contributed by atoms with Crippen LogP contribution in [0.15, 0.2) is 41.8 Å². The minimum atomic E-state index is -4.40. The first kappa shape index (κ1) is 13.4. The molecule has 0 radical (unpaired) electrons. The van der Waals surface area contributed by atoms with Crippen LogP contribution in [-0.4, -0.2) is 5.78 Å². The van der Waals surface area contributed by atoms with Crippen LogP contribution in [0.2, 0.25) is 0 Å². The quantitative estimate of drug-likeness (QED) is 0.570. The Morgan fingerprint density at radius 1 is 1.11 bits per heavy atom. The summed E-state index contributed by atoms with van der Waals surface area (Å²) < 4.78 is 37.0. The fraction of sp³-hybridized carbons (Fsp3) is 0.0714. The number of alkyl halides is 3. The van der Waals surface area contributed by atoms with Crippen LogP contribution in [0, 0.1) is 11.8 Å². The summed E-state index contributed by atoms with van der Waals surface area (Å²) in [5, 5.41) is 1.83. The highest BCUT2D eigenvalue weighted by molar-refractivity contribution is 7.10. The van der Waals surface area contributed by atoms with E-state index in [-0.39, 0.29) is 5.56 Å². The lowest BCUT2D eigenvalue weighted by molar-refractivity contribution is -0.137. The fourth-order valence-corrected chi connectivity index (χ4v) is 1.92. The third kappa shape index (κ3) is 3.46. The van der Waals surface area contributed by atoms with Gasteiger partial charge >= 0.3 is 6.18 Å². The first-order valence-corrected chi connectivity index (χ1v) is 6.12. The lowest BCUT2D eigenvalue weighted by atomic mass is 10.1. The number of halogens is 3. The number of rotatable bonds is 1. The van der Waals surface area contributed by atoms with Crippen molar-refractivity contribution in [2.45, 2.75) is 6.18 Å². The van der Waals surface area contributed by atoms with E-state index in [1.807, 2.05) is 5.38 Å². The summed E-state index contributed by atoms with van der Waals surface area (Å²) in [5.74, 6) is 4.57. The first-order valence-electron chi connectivity index (χ1n) is 5.24. The van der Waals surface area contributed by atoms with Crippen LogP contribution in [0.5, 0.6) is 0 Å². The van der Waals surface area contributed by atoms with Crippen LogP contribution in [0.1, 0.15) is 20.8 Å². The van der Waals surface area contributed by atoms with Crippen LogP contribution >= 0.6 is 11.3 Å². The van der Waals surface area contributed by atoms with E-state index in [4.69, 9.17) is 0 Å². The highest BCUT2D eigenvalue weighted by Gasteiger charge is 2.30. The van der Waals surface area contributed by atoms with Gasteiger partial charge in [0.15, 0.2) is 0 Å². The van der Waals surface area contributed by atoms with Crippen molar-refractivity contribution in [3.63, 3.8) is 0 Å². The Labute approximate surface area is 111 Å². The number of benzene rings is 1. The van der Waals surface area contributed by atoms with E-state index in [9.17, 15) is 18.0 Å². The Morgan fingerprint density at radius 2 is 1.79 bits per heavy atom. The molecule has 0 fully saturated rings. The second kappa shape index (κ2) is 5.29. The molecule has 0 bridgehead atoms. The average molecular weight is 280 g/mol. The smallest absolute Gasteiger partial charge is 0.279 e. The predicted octanol–water partition coefficient (Wildman–Crippen LogP) is 4.00. The molecule has 0 amide bonds. The van der Waals surface area contributed by atoms with Crippen molar-refractivity contribution < 1.29 is 18.0 Å². The molecule has 0 saturated carbocycles. The molecular weight excluding hydrogens is 273 g/mol. The summed E-state index contributed by atoms with van der Waals surface area (Å²) in [7, 11) is 0. The monoisotopic (exact) mass is 280 g/mol. The Morgan fingerprint density at radius 3 is 2.32 bits per heavy atom. The molecule has 0 aliphatic carbocycles. The van der Waals surface area contributed by atoms with E-state index in [1.165, 1.54) is 11.3 Å². The van der Waals surface area contributed by atoms with Crippen LogP contribution in [0.3, 0.4) is 0 Å². The molecule has 2 aromatic rings. The number of carbonyl (C=O) groups is 1. The number of carbonyl (C=O) groups excluding carboxylic acids is 1. The predicted molar refractivity (Wildman–Crippen MR) is 67.0 cm³/mol. The van der Waals surface area contributed by atoms with Crippen LogP contribution in [-0.2, 0) is 6.18 Å². The van der Waals surface area contributed by atoms with Gasteiger partial charge in [-0.2, -0.15) is 13.2 Å². The molecule has 0 unspecified atom stereocenters. The lowest BCUT2D eigenvalue weighted by Gasteiger charge is -2.05. The zero-order chi connectivity index (χ0) is 13.9. The summed E-state index contributed by atoms with van der Waals surface area (Å²) in [4.78, 5) is 12.4. The van der Waals surface area contributed by atoms with Crippen molar-refractivity contribution in [1.82, 2.24) is 0 Å². The molecule has 1 aromatic carbocycles. The maximum Gasteiger partial charge on any atom is 0.416 e. The van der Waals surface area contributed by atoms with E-state index in [1.54, 1.807) is 12.1 Å².